The van der Waals surface area contributed by atoms with Gasteiger partial charge in [0.1, 0.15) is 5.82 Å². The molecule has 0 bridgehead atoms. The number of aromatic nitrogens is 3. The Bertz CT molecular complexity index is 808. The maximum atomic E-state index is 13.3. The van der Waals surface area contributed by atoms with Crippen LogP contribution in [-0.4, -0.2) is 15.2 Å². The third kappa shape index (κ3) is 1.79. The molecule has 0 saturated heterocycles. The van der Waals surface area contributed by atoms with Gasteiger partial charge in [0.15, 0.2) is 5.65 Å². The van der Waals surface area contributed by atoms with E-state index < -0.39 is 5.82 Å². The molecule has 20 heavy (non-hydrogen) atoms. The van der Waals surface area contributed by atoms with E-state index in [1.165, 1.54) is 18.9 Å². The van der Waals surface area contributed by atoms with Crippen LogP contribution in [-0.2, 0) is 0 Å². The van der Waals surface area contributed by atoms with Gasteiger partial charge in [-0.1, -0.05) is 17.7 Å². The van der Waals surface area contributed by atoms with Crippen LogP contribution in [0.5, 0.6) is 0 Å². The number of H-pyrrole nitrogens is 1. The molecule has 0 radical (unpaired) electrons. The van der Waals surface area contributed by atoms with Crippen molar-refractivity contribution in [2.45, 2.75) is 18.8 Å². The first-order chi connectivity index (χ1) is 9.74. The van der Waals surface area contributed by atoms with Crippen molar-refractivity contribution in [3.8, 4) is 11.1 Å². The first-order valence-corrected chi connectivity index (χ1v) is 6.90. The molecule has 0 spiro atoms. The Labute approximate surface area is 119 Å². The summed E-state index contributed by atoms with van der Waals surface area (Å²) in [6, 6.07) is 6.70. The zero-order valence-electron chi connectivity index (χ0n) is 10.5. The summed E-state index contributed by atoms with van der Waals surface area (Å²) in [6.45, 7) is 0. The van der Waals surface area contributed by atoms with E-state index in [1.54, 1.807) is 18.3 Å². The summed E-state index contributed by atoms with van der Waals surface area (Å²) in [6.07, 6.45) is 4.07. The first-order valence-electron chi connectivity index (χ1n) is 6.52. The third-order valence-electron chi connectivity index (χ3n) is 3.70. The molecule has 1 aliphatic carbocycles. The third-order valence-corrected chi connectivity index (χ3v) is 3.99. The lowest BCUT2D eigenvalue weighted by molar-refractivity contribution is 0.628. The molecule has 100 valence electrons. The number of pyridine rings is 1. The Morgan fingerprint density at radius 2 is 2.10 bits per heavy atom. The van der Waals surface area contributed by atoms with Crippen LogP contribution in [0.3, 0.4) is 0 Å². The summed E-state index contributed by atoms with van der Waals surface area (Å²) in [5.74, 6) is 0.134. The SMILES string of the molecule is Fc1ccc(-c2ccnc3n[nH]c(C4CC4)c23)cc1Cl. The van der Waals surface area contributed by atoms with Crippen molar-refractivity contribution in [3.05, 3.63) is 47.0 Å². The zero-order valence-corrected chi connectivity index (χ0v) is 11.3. The smallest absolute Gasteiger partial charge is 0.181 e. The number of rotatable bonds is 2. The number of halogens is 2. The van der Waals surface area contributed by atoms with Crippen molar-refractivity contribution in [2.24, 2.45) is 0 Å². The van der Waals surface area contributed by atoms with Crippen LogP contribution in [0.15, 0.2) is 30.5 Å². The Kier molecular flexibility index (Phi) is 2.54. The standard InChI is InChI=1S/C15H11ClFN3/c16-11-7-9(3-4-12(11)17)10-5-6-18-15-13(10)14(19-20-15)8-1-2-8/h3-8H,1-2H2,(H,18,19,20). The summed E-state index contributed by atoms with van der Waals surface area (Å²) in [5, 5.41) is 8.51. The van der Waals surface area contributed by atoms with Gasteiger partial charge in [-0.3, -0.25) is 5.10 Å². The lowest BCUT2D eigenvalue weighted by atomic mass is 10.0. The highest BCUT2D eigenvalue weighted by molar-refractivity contribution is 6.31. The molecule has 3 nitrogen and oxygen atoms in total. The Balaban J connectivity index is 1.98. The van der Waals surface area contributed by atoms with Gasteiger partial charge in [0.2, 0.25) is 0 Å². The average molecular weight is 288 g/mol. The summed E-state index contributed by atoms with van der Waals surface area (Å²) < 4.78 is 13.3. The molecule has 4 rings (SSSR count). The minimum atomic E-state index is -0.407. The fraction of sp³-hybridized carbons (Fsp3) is 0.200. The van der Waals surface area contributed by atoms with E-state index in [-0.39, 0.29) is 5.02 Å². The van der Waals surface area contributed by atoms with Crippen molar-refractivity contribution in [2.75, 3.05) is 0 Å². The lowest BCUT2D eigenvalue weighted by Gasteiger charge is -2.06. The van der Waals surface area contributed by atoms with Crippen LogP contribution in [0.4, 0.5) is 4.39 Å². The number of nitrogens with zero attached hydrogens (tertiary/aromatic N) is 2. The van der Waals surface area contributed by atoms with Crippen LogP contribution in [0.25, 0.3) is 22.2 Å². The minimum Gasteiger partial charge on any atom is -0.279 e. The second-order valence-electron chi connectivity index (χ2n) is 5.10. The number of aromatic amines is 1. The summed E-state index contributed by atoms with van der Waals surface area (Å²) in [4.78, 5) is 4.29. The average Bonchev–Trinajstić information content (AvgIpc) is 3.21. The molecule has 3 aromatic rings. The number of benzene rings is 1. The molecule has 2 heterocycles. The quantitative estimate of drug-likeness (QED) is 0.764. The predicted molar refractivity (Wildman–Crippen MR) is 76.3 cm³/mol. The van der Waals surface area contributed by atoms with Gasteiger partial charge in [-0.25, -0.2) is 9.37 Å². The van der Waals surface area contributed by atoms with Crippen molar-refractivity contribution in [1.29, 1.82) is 0 Å². The summed E-state index contributed by atoms with van der Waals surface area (Å²) >= 11 is 5.89. The van der Waals surface area contributed by atoms with Crippen LogP contribution >= 0.6 is 11.6 Å². The highest BCUT2D eigenvalue weighted by Crippen LogP contribution is 2.44. The number of fused-ring (bicyclic) bond motifs is 1. The van der Waals surface area contributed by atoms with E-state index in [0.717, 1.165) is 22.2 Å². The normalized spacial score (nSPS) is 14.9. The van der Waals surface area contributed by atoms with Crippen molar-refractivity contribution in [3.63, 3.8) is 0 Å². The van der Waals surface area contributed by atoms with E-state index in [1.807, 2.05) is 6.07 Å². The highest BCUT2D eigenvalue weighted by atomic mass is 35.5. The van der Waals surface area contributed by atoms with Crippen LogP contribution in [0.1, 0.15) is 24.5 Å². The zero-order chi connectivity index (χ0) is 13.7. The molecule has 0 aliphatic heterocycles. The van der Waals surface area contributed by atoms with Crippen molar-refractivity contribution < 1.29 is 4.39 Å². The fourth-order valence-corrected chi connectivity index (χ4v) is 2.72. The molecule has 1 aliphatic rings. The van der Waals surface area contributed by atoms with Crippen molar-refractivity contribution in [1.82, 2.24) is 15.2 Å². The highest BCUT2D eigenvalue weighted by Gasteiger charge is 2.28. The topological polar surface area (TPSA) is 41.6 Å². The molecule has 2 aromatic heterocycles. The monoisotopic (exact) mass is 287 g/mol. The molecule has 1 saturated carbocycles. The van der Waals surface area contributed by atoms with Crippen LogP contribution < -0.4 is 0 Å². The molecule has 1 fully saturated rings. The van der Waals surface area contributed by atoms with E-state index in [9.17, 15) is 4.39 Å². The van der Waals surface area contributed by atoms with Gasteiger partial charge in [0, 0.05) is 17.8 Å². The number of nitrogens with one attached hydrogen (secondary N) is 1. The molecule has 1 aromatic carbocycles. The largest absolute Gasteiger partial charge is 0.279 e. The fourth-order valence-electron chi connectivity index (χ4n) is 2.54. The molecule has 1 N–H and O–H groups in total. The van der Waals surface area contributed by atoms with Gasteiger partial charge in [-0.15, -0.1) is 0 Å². The van der Waals surface area contributed by atoms with Gasteiger partial charge >= 0.3 is 0 Å². The molecular weight excluding hydrogens is 277 g/mol. The Hall–Kier alpha value is -1.94. The Morgan fingerprint density at radius 1 is 1.25 bits per heavy atom. The molecular formula is C15H11ClFN3. The first kappa shape index (κ1) is 11.9. The van der Waals surface area contributed by atoms with Gasteiger partial charge < -0.3 is 0 Å². The molecule has 0 amide bonds. The second-order valence-corrected chi connectivity index (χ2v) is 5.50. The summed E-state index contributed by atoms with van der Waals surface area (Å²) in [7, 11) is 0. The van der Waals surface area contributed by atoms with Gasteiger partial charge in [0.05, 0.1) is 10.4 Å². The van der Waals surface area contributed by atoms with Gasteiger partial charge in [-0.2, -0.15) is 5.10 Å². The lowest BCUT2D eigenvalue weighted by Crippen LogP contribution is -1.87. The van der Waals surface area contributed by atoms with Crippen molar-refractivity contribution >= 4 is 22.6 Å². The minimum absolute atomic E-state index is 0.129. The van der Waals surface area contributed by atoms with Crippen LogP contribution in [0.2, 0.25) is 5.02 Å². The van der Waals surface area contributed by atoms with E-state index in [0.29, 0.717) is 11.6 Å². The van der Waals surface area contributed by atoms with E-state index >= 15 is 0 Å². The van der Waals surface area contributed by atoms with Gasteiger partial charge in [0.25, 0.3) is 0 Å². The summed E-state index contributed by atoms with van der Waals surface area (Å²) in [5.41, 5.74) is 3.70. The van der Waals surface area contributed by atoms with E-state index in [2.05, 4.69) is 15.2 Å². The molecule has 0 unspecified atom stereocenters. The Morgan fingerprint density at radius 3 is 2.85 bits per heavy atom. The number of hydrogen-bond donors (Lipinski definition) is 1. The number of hydrogen-bond acceptors (Lipinski definition) is 2. The molecule has 0 atom stereocenters. The van der Waals surface area contributed by atoms with Crippen LogP contribution in [0, 0.1) is 5.82 Å². The maximum Gasteiger partial charge on any atom is 0.181 e. The maximum absolute atomic E-state index is 13.3. The predicted octanol–water partition coefficient (Wildman–Crippen LogP) is 4.29. The molecule has 5 heteroatoms. The second kappa shape index (κ2) is 4.28. The van der Waals surface area contributed by atoms with Gasteiger partial charge in [-0.05, 0) is 42.2 Å². The van der Waals surface area contributed by atoms with E-state index in [4.69, 9.17) is 11.6 Å².